The maximum absolute atomic E-state index is 11.3. The summed E-state index contributed by atoms with van der Waals surface area (Å²) in [4.78, 5) is 26.4. The Morgan fingerprint density at radius 2 is 1.68 bits per heavy atom. The molecule has 2 aromatic heterocycles. The van der Waals surface area contributed by atoms with Crippen molar-refractivity contribution in [2.24, 2.45) is 0 Å². The number of hydrogen-bond donors (Lipinski definition) is 3. The molecule has 2 heterocycles. The Morgan fingerprint density at radius 1 is 1.00 bits per heavy atom. The molecule has 0 radical (unpaired) electrons. The molecule has 0 aliphatic rings. The molecule has 22 heavy (non-hydrogen) atoms. The summed E-state index contributed by atoms with van der Waals surface area (Å²) in [5, 5.41) is 27.6. The highest BCUT2D eigenvalue weighted by Crippen LogP contribution is 2.25. The van der Waals surface area contributed by atoms with E-state index < -0.39 is 11.9 Å². The van der Waals surface area contributed by atoms with Gasteiger partial charge in [0.2, 0.25) is 0 Å². The Labute approximate surface area is 123 Å². The minimum Gasteiger partial charge on any atom is -0.508 e. The fraction of sp³-hybridized carbons (Fsp3) is 0. The summed E-state index contributed by atoms with van der Waals surface area (Å²) in [5.74, 6) is -1.96. The molecular weight excluding hydrogens is 288 g/mol. The van der Waals surface area contributed by atoms with Gasteiger partial charge in [0.15, 0.2) is 5.69 Å². The van der Waals surface area contributed by atoms with Gasteiger partial charge < -0.3 is 15.3 Å². The van der Waals surface area contributed by atoms with Crippen molar-refractivity contribution in [3.63, 3.8) is 0 Å². The summed E-state index contributed by atoms with van der Waals surface area (Å²) in [6.45, 7) is 0. The van der Waals surface area contributed by atoms with Crippen LogP contribution in [0, 0.1) is 0 Å². The Hall–Kier alpha value is -3.35. The number of nitrogens with zero attached hydrogens (tertiary/aromatic N) is 2. The molecule has 110 valence electrons. The monoisotopic (exact) mass is 298 g/mol. The van der Waals surface area contributed by atoms with Crippen LogP contribution in [0.3, 0.4) is 0 Å². The molecule has 0 unspecified atom stereocenters. The number of fused-ring (bicyclic) bond motifs is 1. The summed E-state index contributed by atoms with van der Waals surface area (Å²) < 4.78 is 1.50. The summed E-state index contributed by atoms with van der Waals surface area (Å²) >= 11 is 0. The van der Waals surface area contributed by atoms with Crippen molar-refractivity contribution in [3.8, 4) is 17.1 Å². The number of phenols is 1. The standard InChI is InChI=1S/C15H10N2O5/c18-10-3-1-8(2-4-10)13-16-12(15(21)22)11-7-9(14(19)20)5-6-17(11)13/h1-7,18H,(H,19,20)(H,21,22). The number of rotatable bonds is 3. The first-order valence-electron chi connectivity index (χ1n) is 6.25. The predicted molar refractivity (Wildman–Crippen MR) is 76.2 cm³/mol. The zero-order chi connectivity index (χ0) is 15.9. The number of aromatic hydroxyl groups is 1. The molecule has 0 spiro atoms. The number of carboxylic acid groups (broad SMARTS) is 2. The van der Waals surface area contributed by atoms with Gasteiger partial charge in [0.05, 0.1) is 11.1 Å². The van der Waals surface area contributed by atoms with Crippen molar-refractivity contribution in [1.82, 2.24) is 9.38 Å². The predicted octanol–water partition coefficient (Wildman–Crippen LogP) is 2.10. The Kier molecular flexibility index (Phi) is 3.03. The van der Waals surface area contributed by atoms with Gasteiger partial charge in [-0.25, -0.2) is 14.6 Å². The van der Waals surface area contributed by atoms with Crippen LogP contribution in [0.5, 0.6) is 5.75 Å². The molecule has 3 aromatic rings. The van der Waals surface area contributed by atoms with E-state index in [4.69, 9.17) is 5.11 Å². The van der Waals surface area contributed by atoms with Gasteiger partial charge in [0, 0.05) is 11.8 Å². The van der Waals surface area contributed by atoms with E-state index in [2.05, 4.69) is 4.98 Å². The highest BCUT2D eigenvalue weighted by atomic mass is 16.4. The molecule has 3 N–H and O–H groups in total. The van der Waals surface area contributed by atoms with Crippen LogP contribution in [-0.4, -0.2) is 36.6 Å². The number of imidazole rings is 1. The number of carboxylic acids is 2. The summed E-state index contributed by atoms with van der Waals surface area (Å²) in [7, 11) is 0. The molecule has 0 fully saturated rings. The molecule has 0 aliphatic heterocycles. The van der Waals surface area contributed by atoms with Gasteiger partial charge in [0.25, 0.3) is 0 Å². The molecule has 0 saturated carbocycles. The van der Waals surface area contributed by atoms with Crippen LogP contribution in [0.2, 0.25) is 0 Å². The third kappa shape index (κ3) is 2.14. The quantitative estimate of drug-likeness (QED) is 0.682. The van der Waals surface area contributed by atoms with Crippen molar-refractivity contribution in [2.75, 3.05) is 0 Å². The van der Waals surface area contributed by atoms with Gasteiger partial charge in [-0.2, -0.15) is 0 Å². The van der Waals surface area contributed by atoms with Crippen LogP contribution in [0.4, 0.5) is 0 Å². The highest BCUT2D eigenvalue weighted by Gasteiger charge is 2.19. The molecule has 0 atom stereocenters. The number of pyridine rings is 1. The van der Waals surface area contributed by atoms with Crippen molar-refractivity contribution in [1.29, 1.82) is 0 Å². The topological polar surface area (TPSA) is 112 Å². The van der Waals surface area contributed by atoms with E-state index in [1.54, 1.807) is 12.1 Å². The third-order valence-corrected chi connectivity index (χ3v) is 3.22. The molecule has 0 amide bonds. The number of aromatic nitrogens is 2. The lowest BCUT2D eigenvalue weighted by atomic mass is 10.2. The van der Waals surface area contributed by atoms with Crippen LogP contribution < -0.4 is 0 Å². The molecular formula is C15H10N2O5. The van der Waals surface area contributed by atoms with Gasteiger partial charge in [0.1, 0.15) is 11.6 Å². The van der Waals surface area contributed by atoms with Gasteiger partial charge in [-0.3, -0.25) is 4.40 Å². The number of benzene rings is 1. The Morgan fingerprint density at radius 3 is 2.27 bits per heavy atom. The van der Waals surface area contributed by atoms with Crippen molar-refractivity contribution < 1.29 is 24.9 Å². The number of aromatic carboxylic acids is 2. The number of hydrogen-bond acceptors (Lipinski definition) is 4. The molecule has 1 aromatic carbocycles. The minimum absolute atomic E-state index is 0.0212. The van der Waals surface area contributed by atoms with E-state index in [0.29, 0.717) is 11.4 Å². The minimum atomic E-state index is -1.25. The normalized spacial score (nSPS) is 10.7. The smallest absolute Gasteiger partial charge is 0.356 e. The van der Waals surface area contributed by atoms with E-state index >= 15 is 0 Å². The lowest BCUT2D eigenvalue weighted by molar-refractivity contribution is 0.0682. The van der Waals surface area contributed by atoms with Crippen molar-refractivity contribution in [3.05, 3.63) is 53.9 Å². The first kappa shape index (κ1) is 13.6. The van der Waals surface area contributed by atoms with Crippen LogP contribution >= 0.6 is 0 Å². The molecule has 3 rings (SSSR count). The molecule has 0 aliphatic carbocycles. The largest absolute Gasteiger partial charge is 0.508 e. The fourth-order valence-electron chi connectivity index (χ4n) is 2.19. The second-order valence-electron chi connectivity index (χ2n) is 4.61. The zero-order valence-electron chi connectivity index (χ0n) is 11.1. The van der Waals surface area contributed by atoms with Gasteiger partial charge in [-0.05, 0) is 36.4 Å². The van der Waals surface area contributed by atoms with E-state index in [0.717, 1.165) is 0 Å². The second-order valence-corrected chi connectivity index (χ2v) is 4.61. The first-order valence-corrected chi connectivity index (χ1v) is 6.25. The van der Waals surface area contributed by atoms with E-state index in [1.807, 2.05) is 0 Å². The van der Waals surface area contributed by atoms with Crippen LogP contribution in [-0.2, 0) is 0 Å². The molecule has 7 nitrogen and oxygen atoms in total. The second kappa shape index (κ2) is 4.88. The summed E-state index contributed by atoms with van der Waals surface area (Å²) in [6, 6.07) is 8.75. The van der Waals surface area contributed by atoms with Crippen LogP contribution in [0.1, 0.15) is 20.8 Å². The van der Waals surface area contributed by atoms with Gasteiger partial charge in [-0.1, -0.05) is 0 Å². The maximum atomic E-state index is 11.3. The zero-order valence-corrected chi connectivity index (χ0v) is 11.1. The Balaban J connectivity index is 2.30. The summed E-state index contributed by atoms with van der Waals surface area (Å²) in [6.07, 6.45) is 1.46. The maximum Gasteiger partial charge on any atom is 0.356 e. The lowest BCUT2D eigenvalue weighted by Crippen LogP contribution is -2.00. The number of carbonyl (C=O) groups is 2. The van der Waals surface area contributed by atoms with Crippen molar-refractivity contribution in [2.45, 2.75) is 0 Å². The molecule has 0 bridgehead atoms. The third-order valence-electron chi connectivity index (χ3n) is 3.22. The number of phenolic OH excluding ortho intramolecular Hbond substituents is 1. The highest BCUT2D eigenvalue weighted by molar-refractivity contribution is 5.97. The average molecular weight is 298 g/mol. The van der Waals surface area contributed by atoms with Crippen LogP contribution in [0.25, 0.3) is 16.9 Å². The molecule has 7 heteroatoms. The molecule has 0 saturated heterocycles. The Bertz CT molecular complexity index is 896. The van der Waals surface area contributed by atoms with E-state index in [1.165, 1.54) is 34.9 Å². The van der Waals surface area contributed by atoms with E-state index in [9.17, 15) is 19.8 Å². The van der Waals surface area contributed by atoms with Crippen LogP contribution in [0.15, 0.2) is 42.6 Å². The first-order chi connectivity index (χ1) is 10.5. The summed E-state index contributed by atoms with van der Waals surface area (Å²) in [5.41, 5.74) is 0.539. The lowest BCUT2D eigenvalue weighted by Gasteiger charge is -2.02. The van der Waals surface area contributed by atoms with E-state index in [-0.39, 0.29) is 22.5 Å². The average Bonchev–Trinajstić information content (AvgIpc) is 2.87. The SMILES string of the molecule is O=C(O)c1ccn2c(-c3ccc(O)cc3)nc(C(=O)O)c2c1. The van der Waals surface area contributed by atoms with Gasteiger partial charge >= 0.3 is 11.9 Å². The van der Waals surface area contributed by atoms with Gasteiger partial charge in [-0.15, -0.1) is 0 Å². The fourth-order valence-corrected chi connectivity index (χ4v) is 2.19. The van der Waals surface area contributed by atoms with Crippen molar-refractivity contribution >= 4 is 17.5 Å².